The zero-order valence-corrected chi connectivity index (χ0v) is 24.9. The number of nitrogens with one attached hydrogen (secondary N) is 2. The van der Waals surface area contributed by atoms with Crippen LogP contribution >= 0.6 is 23.2 Å². The summed E-state index contributed by atoms with van der Waals surface area (Å²) < 4.78 is 4.93. The fourth-order valence-electron chi connectivity index (χ4n) is 5.55. The zero-order valence-electron chi connectivity index (χ0n) is 23.4. The highest BCUT2D eigenvalue weighted by molar-refractivity contribution is 6.30. The number of hydrogen-bond donors (Lipinski definition) is 2. The largest absolute Gasteiger partial charge is 0.466 e. The van der Waals surface area contributed by atoms with Crippen molar-refractivity contribution in [3.8, 4) is 0 Å². The Morgan fingerprint density at radius 1 is 0.905 bits per heavy atom. The molecular formula is C33H33Cl2N3O4. The molecule has 1 aliphatic heterocycles. The van der Waals surface area contributed by atoms with Crippen molar-refractivity contribution < 1.29 is 14.3 Å². The van der Waals surface area contributed by atoms with Gasteiger partial charge in [0.1, 0.15) is 0 Å². The highest BCUT2D eigenvalue weighted by Crippen LogP contribution is 2.36. The molecule has 0 radical (unpaired) electrons. The first-order chi connectivity index (χ1) is 20.3. The van der Waals surface area contributed by atoms with Crippen molar-refractivity contribution in [1.82, 2.24) is 9.88 Å². The van der Waals surface area contributed by atoms with Crippen LogP contribution in [0.5, 0.6) is 0 Å². The van der Waals surface area contributed by atoms with Gasteiger partial charge in [0.15, 0.2) is 0 Å². The Morgan fingerprint density at radius 2 is 1.50 bits per heavy atom. The first kappa shape index (κ1) is 29.7. The third-order valence-corrected chi connectivity index (χ3v) is 8.17. The van der Waals surface area contributed by atoms with E-state index >= 15 is 0 Å². The summed E-state index contributed by atoms with van der Waals surface area (Å²) in [5, 5.41) is 5.83. The maximum atomic E-state index is 12.6. The molecule has 0 spiro atoms. The van der Waals surface area contributed by atoms with Crippen molar-refractivity contribution in [2.75, 3.05) is 25.0 Å². The Morgan fingerprint density at radius 3 is 2.10 bits per heavy atom. The smallest absolute Gasteiger partial charge is 0.306 e. The lowest BCUT2D eigenvalue weighted by molar-refractivity contribution is -0.145. The standard InChI is InChI=1S/C33H33Cl2N3O4/c1-2-42-32(41)14-13-31(40)38-17-15-26(16-18-38)36-29-20-30(39)37-28-12-7-23(19-27(28)29)33(21-3-8-24(34)9-4-21)22-5-10-25(35)11-6-22/h3-12,19-20,26,33H,2,13-18H2,1H3,(H2,36,37,39). The number of aromatic nitrogens is 1. The van der Waals surface area contributed by atoms with Gasteiger partial charge in [0.25, 0.3) is 0 Å². The van der Waals surface area contributed by atoms with Gasteiger partial charge in [-0.05, 0) is 72.9 Å². The molecular weight excluding hydrogens is 573 g/mol. The lowest BCUT2D eigenvalue weighted by Gasteiger charge is -2.33. The minimum atomic E-state index is -0.350. The number of aromatic amines is 1. The molecule has 2 heterocycles. The fourth-order valence-corrected chi connectivity index (χ4v) is 5.80. The van der Waals surface area contributed by atoms with E-state index in [1.54, 1.807) is 17.9 Å². The van der Waals surface area contributed by atoms with E-state index in [1.165, 1.54) is 0 Å². The Labute approximate surface area is 254 Å². The Bertz CT molecular complexity index is 1570. The molecule has 1 fully saturated rings. The average molecular weight is 607 g/mol. The van der Waals surface area contributed by atoms with Gasteiger partial charge in [0.2, 0.25) is 11.5 Å². The number of fused-ring (bicyclic) bond motifs is 1. The number of H-pyrrole nitrogens is 1. The van der Waals surface area contributed by atoms with Gasteiger partial charge in [-0.25, -0.2) is 0 Å². The van der Waals surface area contributed by atoms with Crippen LogP contribution in [-0.4, -0.2) is 47.5 Å². The first-order valence-corrected chi connectivity index (χ1v) is 14.9. The second-order valence-corrected chi connectivity index (χ2v) is 11.4. The summed E-state index contributed by atoms with van der Waals surface area (Å²) in [6.07, 6.45) is 1.72. The molecule has 0 bridgehead atoms. The number of carbonyl (C=O) groups excluding carboxylic acids is 2. The van der Waals surface area contributed by atoms with Crippen LogP contribution in [0.1, 0.15) is 55.2 Å². The quantitative estimate of drug-likeness (QED) is 0.162. The van der Waals surface area contributed by atoms with Gasteiger partial charge >= 0.3 is 5.97 Å². The maximum absolute atomic E-state index is 12.6. The number of anilines is 1. The molecule has 9 heteroatoms. The van der Waals surface area contributed by atoms with Gasteiger partial charge < -0.3 is 19.9 Å². The third-order valence-electron chi connectivity index (χ3n) is 7.66. The van der Waals surface area contributed by atoms with E-state index in [0.29, 0.717) is 29.7 Å². The lowest BCUT2D eigenvalue weighted by atomic mass is 9.84. The molecule has 42 heavy (non-hydrogen) atoms. The summed E-state index contributed by atoms with van der Waals surface area (Å²) in [6.45, 7) is 3.23. The number of pyridine rings is 1. The molecule has 3 aromatic carbocycles. The summed E-state index contributed by atoms with van der Waals surface area (Å²) in [6, 6.07) is 23.5. The van der Waals surface area contributed by atoms with E-state index in [1.807, 2.05) is 60.7 Å². The highest BCUT2D eigenvalue weighted by atomic mass is 35.5. The molecule has 1 aromatic heterocycles. The number of ether oxygens (including phenoxy) is 1. The van der Waals surface area contributed by atoms with E-state index < -0.39 is 0 Å². The molecule has 0 saturated carbocycles. The van der Waals surface area contributed by atoms with Gasteiger partial charge in [-0.2, -0.15) is 0 Å². The predicted octanol–water partition coefficient (Wildman–Crippen LogP) is 6.76. The predicted molar refractivity (Wildman–Crippen MR) is 168 cm³/mol. The summed E-state index contributed by atoms with van der Waals surface area (Å²) >= 11 is 12.4. The molecule has 5 rings (SSSR count). The number of carbonyl (C=O) groups is 2. The number of amides is 1. The average Bonchev–Trinajstić information content (AvgIpc) is 2.98. The highest BCUT2D eigenvalue weighted by Gasteiger charge is 2.24. The van der Waals surface area contributed by atoms with E-state index in [9.17, 15) is 14.4 Å². The Hall–Kier alpha value is -3.81. The third kappa shape index (κ3) is 7.15. The Kier molecular flexibility index (Phi) is 9.50. The van der Waals surface area contributed by atoms with Crippen LogP contribution in [0, 0.1) is 0 Å². The number of piperidine rings is 1. The monoisotopic (exact) mass is 605 g/mol. The molecule has 4 aromatic rings. The van der Waals surface area contributed by atoms with E-state index in [2.05, 4.69) is 16.4 Å². The van der Waals surface area contributed by atoms with Gasteiger partial charge in [-0.1, -0.05) is 53.5 Å². The van der Waals surface area contributed by atoms with Crippen LogP contribution < -0.4 is 10.9 Å². The van der Waals surface area contributed by atoms with E-state index in [-0.39, 0.29) is 42.2 Å². The normalized spacial score (nSPS) is 13.9. The van der Waals surface area contributed by atoms with Crippen LogP contribution in [0.2, 0.25) is 10.0 Å². The fraction of sp³-hybridized carbons (Fsp3) is 0.303. The minimum Gasteiger partial charge on any atom is -0.466 e. The van der Waals surface area contributed by atoms with Crippen molar-refractivity contribution >= 4 is 51.7 Å². The number of benzene rings is 3. The topological polar surface area (TPSA) is 91.5 Å². The lowest BCUT2D eigenvalue weighted by Crippen LogP contribution is -2.42. The number of esters is 1. The second kappa shape index (κ2) is 13.4. The summed E-state index contributed by atoms with van der Waals surface area (Å²) in [5.74, 6) is -0.465. The zero-order chi connectivity index (χ0) is 29.6. The van der Waals surface area contributed by atoms with Gasteiger partial charge in [-0.15, -0.1) is 0 Å². The molecule has 1 aliphatic rings. The van der Waals surface area contributed by atoms with Crippen LogP contribution in [0.25, 0.3) is 10.9 Å². The van der Waals surface area contributed by atoms with Crippen LogP contribution in [0.15, 0.2) is 77.6 Å². The summed E-state index contributed by atoms with van der Waals surface area (Å²) in [4.78, 5) is 41.6. The van der Waals surface area contributed by atoms with Crippen molar-refractivity contribution in [1.29, 1.82) is 0 Å². The van der Waals surface area contributed by atoms with E-state index in [0.717, 1.165) is 46.1 Å². The van der Waals surface area contributed by atoms with Crippen molar-refractivity contribution in [3.63, 3.8) is 0 Å². The van der Waals surface area contributed by atoms with Gasteiger partial charge in [-0.3, -0.25) is 14.4 Å². The maximum Gasteiger partial charge on any atom is 0.306 e. The van der Waals surface area contributed by atoms with Crippen molar-refractivity contribution in [2.45, 2.75) is 44.6 Å². The molecule has 218 valence electrons. The van der Waals surface area contributed by atoms with E-state index in [4.69, 9.17) is 27.9 Å². The molecule has 1 saturated heterocycles. The molecule has 0 unspecified atom stereocenters. The molecule has 1 amide bonds. The van der Waals surface area contributed by atoms with Crippen LogP contribution in [-0.2, 0) is 14.3 Å². The second-order valence-electron chi connectivity index (χ2n) is 10.5. The molecule has 7 nitrogen and oxygen atoms in total. The molecule has 0 aliphatic carbocycles. The number of nitrogens with zero attached hydrogens (tertiary/aromatic N) is 1. The molecule has 0 atom stereocenters. The first-order valence-electron chi connectivity index (χ1n) is 14.2. The minimum absolute atomic E-state index is 0.0387. The van der Waals surface area contributed by atoms with Crippen LogP contribution in [0.4, 0.5) is 5.69 Å². The van der Waals surface area contributed by atoms with Crippen LogP contribution in [0.3, 0.4) is 0 Å². The summed E-state index contributed by atoms with van der Waals surface area (Å²) in [7, 11) is 0. The number of hydrogen-bond acceptors (Lipinski definition) is 5. The van der Waals surface area contributed by atoms with Gasteiger partial charge in [0.05, 0.1) is 18.5 Å². The number of rotatable bonds is 9. The Balaban J connectivity index is 1.38. The van der Waals surface area contributed by atoms with Crippen molar-refractivity contribution in [3.05, 3.63) is 110 Å². The molecule has 2 N–H and O–H groups in total. The van der Waals surface area contributed by atoms with Crippen molar-refractivity contribution in [2.24, 2.45) is 0 Å². The summed E-state index contributed by atoms with van der Waals surface area (Å²) in [5.41, 5.74) is 4.54. The number of likely N-dealkylation sites (tertiary alicyclic amines) is 1. The number of halogens is 2. The SMILES string of the molecule is CCOC(=O)CCC(=O)N1CCC(Nc2cc(=O)[nH]c3ccc(C(c4ccc(Cl)cc4)c4ccc(Cl)cc4)cc23)CC1. The van der Waals surface area contributed by atoms with Gasteiger partial charge in [0, 0.05) is 58.7 Å².